The fourth-order valence-corrected chi connectivity index (χ4v) is 4.73. The van der Waals surface area contributed by atoms with E-state index in [2.05, 4.69) is 57.7 Å². The Labute approximate surface area is 191 Å². The lowest BCUT2D eigenvalue weighted by Gasteiger charge is -2.21. The summed E-state index contributed by atoms with van der Waals surface area (Å²) in [5, 5.41) is 4.37. The molecule has 0 saturated carbocycles. The van der Waals surface area contributed by atoms with E-state index in [1.807, 2.05) is 0 Å². The highest BCUT2D eigenvalue weighted by atomic mass is 32.2. The van der Waals surface area contributed by atoms with Gasteiger partial charge < -0.3 is 30.0 Å². The number of nitrogens with two attached hydrogens (primary N) is 1. The number of nitrogen functional groups attached to an aromatic ring is 1. The van der Waals surface area contributed by atoms with E-state index < -0.39 is 0 Å². The van der Waals surface area contributed by atoms with Crippen LogP contribution in [0.15, 0.2) is 28.5 Å². The number of aromatic nitrogens is 4. The topological polar surface area (TPSA) is 103 Å². The number of nitrogens with one attached hydrogen (secondary N) is 1. The molecule has 3 aromatic rings. The van der Waals surface area contributed by atoms with Crippen LogP contribution in [-0.4, -0.2) is 58.9 Å². The predicted molar refractivity (Wildman–Crippen MR) is 126 cm³/mol. The van der Waals surface area contributed by atoms with Gasteiger partial charge in [-0.15, -0.1) is 0 Å². The molecule has 2 aliphatic heterocycles. The fourth-order valence-electron chi connectivity index (χ4n) is 3.65. The third-order valence-electron chi connectivity index (χ3n) is 5.31. The first kappa shape index (κ1) is 21.1. The van der Waals surface area contributed by atoms with E-state index in [0.29, 0.717) is 24.5 Å². The summed E-state index contributed by atoms with van der Waals surface area (Å²) >= 11 is 1.60. The van der Waals surface area contributed by atoms with Crippen molar-refractivity contribution in [1.82, 2.24) is 24.8 Å². The van der Waals surface area contributed by atoms with Crippen molar-refractivity contribution in [1.29, 1.82) is 0 Å². The van der Waals surface area contributed by atoms with Crippen LogP contribution in [0.1, 0.15) is 20.8 Å². The van der Waals surface area contributed by atoms with Crippen molar-refractivity contribution in [2.45, 2.75) is 37.4 Å². The van der Waals surface area contributed by atoms with Crippen molar-refractivity contribution >= 4 is 34.4 Å². The molecule has 0 unspecified atom stereocenters. The van der Waals surface area contributed by atoms with Crippen LogP contribution in [0.5, 0.6) is 11.5 Å². The van der Waals surface area contributed by atoms with Gasteiger partial charge in [-0.1, -0.05) is 20.8 Å². The molecular weight excluding hydrogens is 426 g/mol. The summed E-state index contributed by atoms with van der Waals surface area (Å²) in [7, 11) is 0. The number of rotatable bonds is 7. The first-order chi connectivity index (χ1) is 15.4. The number of ether oxygens (including phenoxy) is 2. The minimum atomic E-state index is 0.222. The highest BCUT2D eigenvalue weighted by Crippen LogP contribution is 2.45. The predicted octanol–water partition coefficient (Wildman–Crippen LogP) is 2.79. The maximum absolute atomic E-state index is 6.13. The van der Waals surface area contributed by atoms with Crippen LogP contribution in [0, 0.1) is 5.41 Å². The van der Waals surface area contributed by atoms with Crippen LogP contribution in [0.4, 0.5) is 11.5 Å². The largest absolute Gasteiger partial charge is 0.486 e. The second-order valence-corrected chi connectivity index (χ2v) is 10.3. The van der Waals surface area contributed by atoms with E-state index >= 15 is 0 Å². The lowest BCUT2D eigenvalue weighted by molar-refractivity contribution is 0.171. The van der Waals surface area contributed by atoms with Gasteiger partial charge in [0.1, 0.15) is 19.5 Å². The molecule has 5 rings (SSSR count). The summed E-state index contributed by atoms with van der Waals surface area (Å²) in [6.45, 7) is 12.3. The third-order valence-corrected chi connectivity index (χ3v) is 6.35. The van der Waals surface area contributed by atoms with Crippen LogP contribution in [-0.2, 0) is 6.54 Å². The van der Waals surface area contributed by atoms with Gasteiger partial charge in [0.15, 0.2) is 33.6 Å². The van der Waals surface area contributed by atoms with Crippen molar-refractivity contribution in [3.05, 3.63) is 18.5 Å². The summed E-state index contributed by atoms with van der Waals surface area (Å²) in [5.74, 6) is 1.97. The van der Waals surface area contributed by atoms with Crippen molar-refractivity contribution in [2.24, 2.45) is 5.41 Å². The molecule has 32 heavy (non-hydrogen) atoms. The number of fused-ring (bicyclic) bond motifs is 2. The van der Waals surface area contributed by atoms with Crippen LogP contribution >= 0.6 is 11.8 Å². The number of nitrogens with zero attached hydrogens (tertiary/aromatic N) is 5. The maximum Gasteiger partial charge on any atom is 0.175 e. The summed E-state index contributed by atoms with van der Waals surface area (Å²) in [6, 6.07) is 4.14. The Morgan fingerprint density at radius 2 is 1.88 bits per heavy atom. The minimum Gasteiger partial charge on any atom is -0.486 e. The highest BCUT2D eigenvalue weighted by Gasteiger charge is 2.27. The quantitative estimate of drug-likeness (QED) is 0.411. The Morgan fingerprint density at radius 1 is 1.12 bits per heavy atom. The summed E-state index contributed by atoms with van der Waals surface area (Å²) < 4.78 is 13.8. The standard InChI is InChI=1S/C22H29N7O2S/c1-22(2,3)12-24-4-5-29-20-18(19(23)25-13-26-20)27-21(29)32-17-11-16-15(30-8-9-31-16)10-14(17)28-6-7-28/h10-11,13,24H,4-9,12H2,1-3H3,(H2,23,25,26). The minimum absolute atomic E-state index is 0.222. The third kappa shape index (κ3) is 4.42. The normalized spacial score (nSPS) is 15.4. The van der Waals surface area contributed by atoms with Gasteiger partial charge in [0.2, 0.25) is 0 Å². The smallest absolute Gasteiger partial charge is 0.175 e. The number of hydrogen-bond acceptors (Lipinski definition) is 9. The molecule has 0 spiro atoms. The molecule has 4 heterocycles. The zero-order valence-electron chi connectivity index (χ0n) is 18.7. The second kappa shape index (κ2) is 8.32. The van der Waals surface area contributed by atoms with Crippen LogP contribution in [0.3, 0.4) is 0 Å². The van der Waals surface area contributed by atoms with Crippen molar-refractivity contribution in [3.63, 3.8) is 0 Å². The molecule has 0 radical (unpaired) electrons. The van der Waals surface area contributed by atoms with Crippen molar-refractivity contribution < 1.29 is 9.47 Å². The lowest BCUT2D eigenvalue weighted by Crippen LogP contribution is -2.29. The van der Waals surface area contributed by atoms with Gasteiger partial charge in [-0.25, -0.2) is 15.0 Å². The van der Waals surface area contributed by atoms with Gasteiger partial charge in [-0.3, -0.25) is 0 Å². The number of imidazole rings is 1. The molecule has 1 fully saturated rings. The Kier molecular flexibility index (Phi) is 5.50. The first-order valence-electron chi connectivity index (χ1n) is 10.9. The number of benzene rings is 1. The zero-order chi connectivity index (χ0) is 22.3. The summed E-state index contributed by atoms with van der Waals surface area (Å²) in [6.07, 6.45) is 1.50. The Hall–Kier alpha value is -2.72. The molecule has 0 aliphatic carbocycles. The van der Waals surface area contributed by atoms with Gasteiger partial charge in [0.05, 0.1) is 5.69 Å². The summed E-state index contributed by atoms with van der Waals surface area (Å²) in [4.78, 5) is 16.8. The molecule has 10 heteroatoms. The van der Waals surface area contributed by atoms with Crippen molar-refractivity contribution in [2.75, 3.05) is 50.0 Å². The van der Waals surface area contributed by atoms with Crippen LogP contribution < -0.4 is 25.4 Å². The van der Waals surface area contributed by atoms with Gasteiger partial charge in [0.25, 0.3) is 0 Å². The lowest BCUT2D eigenvalue weighted by atomic mass is 9.97. The van der Waals surface area contributed by atoms with Gasteiger partial charge in [-0.2, -0.15) is 0 Å². The van der Waals surface area contributed by atoms with Gasteiger partial charge in [-0.05, 0) is 17.2 Å². The Bertz CT molecular complexity index is 1140. The van der Waals surface area contributed by atoms with Crippen LogP contribution in [0.2, 0.25) is 0 Å². The van der Waals surface area contributed by atoms with E-state index in [1.54, 1.807) is 11.8 Å². The maximum atomic E-state index is 6.13. The molecule has 1 saturated heterocycles. The molecular formula is C22H29N7O2S. The number of hydrogen-bond donors (Lipinski definition) is 2. The van der Waals surface area contributed by atoms with E-state index in [4.69, 9.17) is 20.2 Å². The molecule has 1 aromatic carbocycles. The van der Waals surface area contributed by atoms with E-state index in [0.717, 1.165) is 65.6 Å². The average Bonchev–Trinajstić information content (AvgIpc) is 3.53. The Morgan fingerprint density at radius 3 is 2.59 bits per heavy atom. The fraction of sp³-hybridized carbons (Fsp3) is 0.500. The monoisotopic (exact) mass is 455 g/mol. The molecule has 0 amide bonds. The highest BCUT2D eigenvalue weighted by molar-refractivity contribution is 7.99. The molecule has 9 nitrogen and oxygen atoms in total. The molecule has 170 valence electrons. The van der Waals surface area contributed by atoms with Crippen LogP contribution in [0.25, 0.3) is 11.2 Å². The second-order valence-electron chi connectivity index (χ2n) is 9.27. The molecule has 0 bridgehead atoms. The zero-order valence-corrected chi connectivity index (χ0v) is 19.5. The summed E-state index contributed by atoms with van der Waals surface area (Å²) in [5.41, 5.74) is 8.88. The average molecular weight is 456 g/mol. The number of anilines is 2. The Balaban J connectivity index is 1.48. The van der Waals surface area contributed by atoms with Crippen molar-refractivity contribution in [3.8, 4) is 11.5 Å². The molecule has 2 aliphatic rings. The van der Waals surface area contributed by atoms with E-state index in [-0.39, 0.29) is 5.41 Å². The molecule has 2 aromatic heterocycles. The van der Waals surface area contributed by atoms with Gasteiger partial charge in [0, 0.05) is 49.8 Å². The molecule has 3 N–H and O–H groups in total. The SMILES string of the molecule is CC(C)(C)CNCCn1c(Sc2cc3c(cc2N2CC2)OCCO3)nc2c(N)ncnc21. The van der Waals surface area contributed by atoms with E-state index in [9.17, 15) is 0 Å². The first-order valence-corrected chi connectivity index (χ1v) is 11.7. The van der Waals surface area contributed by atoms with Gasteiger partial charge >= 0.3 is 0 Å². The molecule has 0 atom stereocenters. The van der Waals surface area contributed by atoms with E-state index in [1.165, 1.54) is 6.33 Å².